The van der Waals surface area contributed by atoms with Crippen LogP contribution in [0.4, 0.5) is 0 Å². The predicted molar refractivity (Wildman–Crippen MR) is 126 cm³/mol. The summed E-state index contributed by atoms with van der Waals surface area (Å²) in [4.78, 5) is 12.5. The second-order valence-corrected chi connectivity index (χ2v) is 7.36. The first-order valence-electron chi connectivity index (χ1n) is 10.1. The van der Waals surface area contributed by atoms with Gasteiger partial charge in [-0.05, 0) is 70.7 Å². The highest BCUT2D eigenvalue weighted by molar-refractivity contribution is 6.15. The largest absolute Gasteiger partial charge is 0.497 e. The van der Waals surface area contributed by atoms with Crippen molar-refractivity contribution in [3.05, 3.63) is 119 Å². The summed E-state index contributed by atoms with van der Waals surface area (Å²) in [6.45, 7) is 1.86. The molecule has 0 fully saturated rings. The number of ether oxygens (including phenoxy) is 2. The van der Waals surface area contributed by atoms with Gasteiger partial charge >= 0.3 is 0 Å². The van der Waals surface area contributed by atoms with E-state index in [1.54, 1.807) is 14.2 Å². The monoisotopic (exact) mass is 408 g/mol. The molecule has 0 radical (unpaired) electrons. The first kappa shape index (κ1) is 20.4. The van der Waals surface area contributed by atoms with Gasteiger partial charge in [0.15, 0.2) is 5.78 Å². The van der Waals surface area contributed by atoms with Crippen LogP contribution < -0.4 is 9.47 Å². The van der Waals surface area contributed by atoms with E-state index in [9.17, 15) is 4.79 Å². The van der Waals surface area contributed by atoms with Crippen LogP contribution in [0.15, 0.2) is 96.6 Å². The fourth-order valence-corrected chi connectivity index (χ4v) is 3.73. The van der Waals surface area contributed by atoms with Crippen molar-refractivity contribution >= 4 is 16.9 Å². The molecule has 0 saturated carbocycles. The van der Waals surface area contributed by atoms with Crippen molar-refractivity contribution in [3.8, 4) is 11.5 Å². The molecular weight excluding hydrogens is 384 g/mol. The van der Waals surface area contributed by atoms with Crippen LogP contribution in [0, 0.1) is 0 Å². The minimum atomic E-state index is 0.0854. The lowest BCUT2D eigenvalue weighted by Crippen LogP contribution is -2.09. The van der Waals surface area contributed by atoms with Gasteiger partial charge in [-0.15, -0.1) is 0 Å². The third-order valence-corrected chi connectivity index (χ3v) is 5.44. The number of carbonyl (C=O) groups excluding carboxylic acids is 1. The normalized spacial score (nSPS) is 14.0. The Kier molecular flexibility index (Phi) is 5.85. The molecular formula is C28H24O3. The maximum absolute atomic E-state index is 12.5. The number of allylic oxidation sites excluding steroid dienone is 5. The molecule has 0 spiro atoms. The van der Waals surface area contributed by atoms with E-state index < -0.39 is 0 Å². The number of Topliss-reactive ketones (excluding diaryl/α,β-unsaturated/α-hetero) is 1. The lowest BCUT2D eigenvalue weighted by atomic mass is 9.87. The van der Waals surface area contributed by atoms with Crippen molar-refractivity contribution in [1.82, 2.24) is 0 Å². The molecule has 0 saturated heterocycles. The van der Waals surface area contributed by atoms with Gasteiger partial charge in [0.05, 0.1) is 14.2 Å². The first-order valence-corrected chi connectivity index (χ1v) is 10.1. The van der Waals surface area contributed by atoms with Gasteiger partial charge in [-0.2, -0.15) is 0 Å². The van der Waals surface area contributed by atoms with Crippen LogP contribution >= 0.6 is 0 Å². The highest BCUT2D eigenvalue weighted by Gasteiger charge is 2.19. The molecule has 0 aliphatic heterocycles. The second-order valence-electron chi connectivity index (χ2n) is 7.36. The van der Waals surface area contributed by atoms with E-state index in [-0.39, 0.29) is 5.78 Å². The number of carbonyl (C=O) groups is 1. The molecule has 3 aromatic rings. The van der Waals surface area contributed by atoms with Crippen molar-refractivity contribution < 1.29 is 14.3 Å². The summed E-state index contributed by atoms with van der Waals surface area (Å²) in [6, 6.07) is 23.8. The van der Waals surface area contributed by atoms with Crippen molar-refractivity contribution in [1.29, 1.82) is 0 Å². The maximum Gasteiger partial charge on any atom is 0.189 e. The number of benzene rings is 3. The first-order chi connectivity index (χ1) is 15.1. The number of hydrogen-bond donors (Lipinski definition) is 0. The third kappa shape index (κ3) is 4.22. The quantitative estimate of drug-likeness (QED) is 0.493. The van der Waals surface area contributed by atoms with Crippen LogP contribution in [0.3, 0.4) is 0 Å². The molecule has 0 aromatic heterocycles. The van der Waals surface area contributed by atoms with Gasteiger partial charge in [-0.1, -0.05) is 60.7 Å². The van der Waals surface area contributed by atoms with Gasteiger partial charge in [-0.3, -0.25) is 4.79 Å². The van der Waals surface area contributed by atoms with Gasteiger partial charge in [0.25, 0.3) is 0 Å². The summed E-state index contributed by atoms with van der Waals surface area (Å²) in [6.07, 6.45) is 6.15. The standard InChI is InChI=1S/C28H24O3/c1-19-18-22(26-6-4-5-7-27(26)28(19)29)12-17-25(20-8-13-23(30-2)14-9-20)21-10-15-24(31-3)16-11-21/h4-18H,1-3H3/b22-12-. The average molecular weight is 408 g/mol. The Morgan fingerprint density at radius 1 is 0.742 bits per heavy atom. The molecule has 31 heavy (non-hydrogen) atoms. The molecule has 0 N–H and O–H groups in total. The Balaban J connectivity index is 1.83. The van der Waals surface area contributed by atoms with Crippen LogP contribution in [-0.4, -0.2) is 20.0 Å². The zero-order valence-electron chi connectivity index (χ0n) is 17.9. The van der Waals surface area contributed by atoms with Crippen LogP contribution in [0.25, 0.3) is 11.1 Å². The summed E-state index contributed by atoms with van der Waals surface area (Å²) in [5, 5.41) is 0. The smallest absolute Gasteiger partial charge is 0.189 e. The zero-order chi connectivity index (χ0) is 21.8. The number of methoxy groups -OCH3 is 2. The molecule has 3 aromatic carbocycles. The number of hydrogen-bond acceptors (Lipinski definition) is 3. The Bertz CT molecular complexity index is 1140. The summed E-state index contributed by atoms with van der Waals surface area (Å²) in [5.74, 6) is 1.71. The molecule has 4 rings (SSSR count). The lowest BCUT2D eigenvalue weighted by Gasteiger charge is -2.16. The van der Waals surface area contributed by atoms with Crippen molar-refractivity contribution in [2.24, 2.45) is 0 Å². The molecule has 0 heterocycles. The highest BCUT2D eigenvalue weighted by atomic mass is 16.5. The fraction of sp³-hybridized carbons (Fsp3) is 0.107. The van der Waals surface area contributed by atoms with Gasteiger partial charge in [0.2, 0.25) is 0 Å². The molecule has 0 atom stereocenters. The molecule has 0 unspecified atom stereocenters. The number of ketones is 1. The molecule has 3 nitrogen and oxygen atoms in total. The van der Waals surface area contributed by atoms with E-state index in [0.29, 0.717) is 0 Å². The molecule has 1 aliphatic carbocycles. The third-order valence-electron chi connectivity index (χ3n) is 5.44. The summed E-state index contributed by atoms with van der Waals surface area (Å²) in [7, 11) is 3.33. The SMILES string of the molecule is COc1ccc(C(=C/C=C2/C=C(C)C(=O)c3ccccc32)c2ccc(OC)cc2)cc1. The molecule has 0 bridgehead atoms. The summed E-state index contributed by atoms with van der Waals surface area (Å²) < 4.78 is 10.6. The van der Waals surface area contributed by atoms with Crippen LogP contribution in [0.1, 0.15) is 34.0 Å². The second kappa shape index (κ2) is 8.88. The van der Waals surface area contributed by atoms with Crippen LogP contribution in [0.5, 0.6) is 11.5 Å². The highest BCUT2D eigenvalue weighted by Crippen LogP contribution is 2.31. The van der Waals surface area contributed by atoms with E-state index in [0.717, 1.165) is 50.5 Å². The van der Waals surface area contributed by atoms with Gasteiger partial charge in [0, 0.05) is 5.56 Å². The summed E-state index contributed by atoms with van der Waals surface area (Å²) in [5.41, 5.74) is 6.68. The van der Waals surface area contributed by atoms with E-state index in [1.807, 2.05) is 85.8 Å². The number of fused-ring (bicyclic) bond motifs is 1. The van der Waals surface area contributed by atoms with Gasteiger partial charge in [0.1, 0.15) is 11.5 Å². The molecule has 154 valence electrons. The predicted octanol–water partition coefficient (Wildman–Crippen LogP) is 6.36. The Hall–Kier alpha value is -3.85. The minimum absolute atomic E-state index is 0.0854. The molecule has 1 aliphatic rings. The number of rotatable bonds is 5. The van der Waals surface area contributed by atoms with E-state index in [2.05, 4.69) is 12.2 Å². The maximum atomic E-state index is 12.5. The Morgan fingerprint density at radius 2 is 1.26 bits per heavy atom. The fourth-order valence-electron chi connectivity index (χ4n) is 3.73. The average Bonchev–Trinajstić information content (AvgIpc) is 2.83. The Labute approximate surface area is 183 Å². The van der Waals surface area contributed by atoms with Crippen LogP contribution in [0.2, 0.25) is 0 Å². The summed E-state index contributed by atoms with van der Waals surface area (Å²) >= 11 is 0. The van der Waals surface area contributed by atoms with Crippen molar-refractivity contribution in [2.75, 3.05) is 14.2 Å². The minimum Gasteiger partial charge on any atom is -0.497 e. The lowest BCUT2D eigenvalue weighted by molar-refractivity contribution is 0.103. The zero-order valence-corrected chi connectivity index (χ0v) is 17.9. The van der Waals surface area contributed by atoms with E-state index in [1.165, 1.54) is 0 Å². The molecule has 0 amide bonds. The topological polar surface area (TPSA) is 35.5 Å². The van der Waals surface area contributed by atoms with Crippen molar-refractivity contribution in [3.63, 3.8) is 0 Å². The van der Waals surface area contributed by atoms with E-state index >= 15 is 0 Å². The van der Waals surface area contributed by atoms with Gasteiger partial charge < -0.3 is 9.47 Å². The van der Waals surface area contributed by atoms with Crippen molar-refractivity contribution in [2.45, 2.75) is 6.92 Å². The van der Waals surface area contributed by atoms with Crippen LogP contribution in [-0.2, 0) is 0 Å². The Morgan fingerprint density at radius 3 is 1.77 bits per heavy atom. The van der Waals surface area contributed by atoms with E-state index in [4.69, 9.17) is 9.47 Å². The molecule has 3 heteroatoms. The van der Waals surface area contributed by atoms with Gasteiger partial charge in [-0.25, -0.2) is 0 Å².